The second-order valence-corrected chi connectivity index (χ2v) is 5.71. The first kappa shape index (κ1) is 14.9. The molecule has 1 aromatic carbocycles. The van der Waals surface area contributed by atoms with Crippen molar-refractivity contribution in [2.45, 2.75) is 4.90 Å². The van der Waals surface area contributed by atoms with Gasteiger partial charge < -0.3 is 5.32 Å². The molecule has 0 unspecified atom stereocenters. The average molecular weight is 303 g/mol. The molecule has 2 aromatic rings. The highest BCUT2D eigenvalue weighted by Gasteiger charge is 2.06. The van der Waals surface area contributed by atoms with E-state index in [9.17, 15) is 13.2 Å². The van der Waals surface area contributed by atoms with Gasteiger partial charge >= 0.3 is 0 Å². The number of hydrogen-bond acceptors (Lipinski definition) is 5. The fourth-order valence-corrected chi connectivity index (χ4v) is 2.07. The Balaban J connectivity index is 2.00. The van der Waals surface area contributed by atoms with E-state index in [1.54, 1.807) is 30.5 Å². The van der Waals surface area contributed by atoms with Gasteiger partial charge in [-0.3, -0.25) is 9.78 Å². The number of primary sulfonamides is 1. The Morgan fingerprint density at radius 2 is 1.90 bits per heavy atom. The van der Waals surface area contributed by atoms with E-state index in [4.69, 9.17) is 5.14 Å². The van der Waals surface area contributed by atoms with Gasteiger partial charge in [0.05, 0.1) is 4.90 Å². The number of pyridine rings is 1. The summed E-state index contributed by atoms with van der Waals surface area (Å²) in [6, 6.07) is 9.22. The summed E-state index contributed by atoms with van der Waals surface area (Å²) in [5.41, 5.74) is 1.12. The van der Waals surface area contributed by atoms with Crippen LogP contribution in [0, 0.1) is 0 Å². The summed E-state index contributed by atoms with van der Waals surface area (Å²) in [7, 11) is -3.70. The molecule has 3 N–H and O–H groups in total. The maximum atomic E-state index is 11.8. The van der Waals surface area contributed by atoms with Crippen molar-refractivity contribution < 1.29 is 13.2 Å². The van der Waals surface area contributed by atoms with E-state index in [0.717, 1.165) is 0 Å². The number of rotatable bonds is 5. The lowest BCUT2D eigenvalue weighted by molar-refractivity contribution is 0.104. The van der Waals surface area contributed by atoms with E-state index in [2.05, 4.69) is 10.3 Å². The van der Waals surface area contributed by atoms with Crippen LogP contribution in [0.25, 0.3) is 0 Å². The van der Waals surface area contributed by atoms with Crippen LogP contribution in [0.4, 0.5) is 5.69 Å². The maximum Gasteiger partial charge on any atom is 0.238 e. The van der Waals surface area contributed by atoms with Crippen molar-refractivity contribution in [3.8, 4) is 0 Å². The molecule has 0 aliphatic carbocycles. The Morgan fingerprint density at radius 3 is 2.48 bits per heavy atom. The third-order valence-corrected chi connectivity index (χ3v) is 3.54. The van der Waals surface area contributed by atoms with E-state index in [1.165, 1.54) is 30.6 Å². The molecule has 1 heterocycles. The minimum atomic E-state index is -3.70. The van der Waals surface area contributed by atoms with E-state index in [1.807, 2.05) is 0 Å². The number of carbonyl (C=O) groups is 1. The summed E-state index contributed by atoms with van der Waals surface area (Å²) >= 11 is 0. The van der Waals surface area contributed by atoms with Crippen LogP contribution in [0.2, 0.25) is 0 Å². The van der Waals surface area contributed by atoms with E-state index < -0.39 is 10.0 Å². The summed E-state index contributed by atoms with van der Waals surface area (Å²) < 4.78 is 22.2. The van der Waals surface area contributed by atoms with Gasteiger partial charge in [0.1, 0.15) is 0 Å². The van der Waals surface area contributed by atoms with Gasteiger partial charge in [-0.1, -0.05) is 0 Å². The van der Waals surface area contributed by atoms with Crippen LogP contribution in [0.1, 0.15) is 10.4 Å². The number of anilines is 1. The van der Waals surface area contributed by atoms with Crippen molar-refractivity contribution in [2.24, 2.45) is 5.14 Å². The zero-order valence-corrected chi connectivity index (χ0v) is 11.7. The number of allylic oxidation sites excluding steroid dienone is 1. The Kier molecular flexibility index (Phi) is 4.46. The van der Waals surface area contributed by atoms with Gasteiger partial charge in [0, 0.05) is 35.9 Å². The lowest BCUT2D eigenvalue weighted by Crippen LogP contribution is -2.11. The number of benzene rings is 1. The second-order valence-electron chi connectivity index (χ2n) is 4.15. The molecule has 0 aliphatic rings. The van der Waals surface area contributed by atoms with Crippen LogP contribution in [-0.2, 0) is 10.0 Å². The number of carbonyl (C=O) groups excluding carboxylic acids is 1. The number of nitrogens with one attached hydrogen (secondary N) is 1. The first-order valence-electron chi connectivity index (χ1n) is 5.97. The summed E-state index contributed by atoms with van der Waals surface area (Å²) in [4.78, 5) is 15.6. The van der Waals surface area contributed by atoms with Crippen molar-refractivity contribution in [3.63, 3.8) is 0 Å². The van der Waals surface area contributed by atoms with Gasteiger partial charge in [0.25, 0.3) is 0 Å². The summed E-state index contributed by atoms with van der Waals surface area (Å²) in [5.74, 6) is -0.184. The van der Waals surface area contributed by atoms with Crippen LogP contribution in [0.5, 0.6) is 0 Å². The topological polar surface area (TPSA) is 102 Å². The first-order valence-corrected chi connectivity index (χ1v) is 7.52. The molecule has 6 nitrogen and oxygen atoms in total. The van der Waals surface area contributed by atoms with Crippen LogP contribution in [0.15, 0.2) is 66.0 Å². The van der Waals surface area contributed by atoms with Crippen LogP contribution in [0.3, 0.4) is 0 Å². The number of nitrogens with zero attached hydrogens (tertiary/aromatic N) is 1. The zero-order chi connectivity index (χ0) is 15.3. The number of aromatic nitrogens is 1. The predicted octanol–water partition coefficient (Wildman–Crippen LogP) is 1.54. The van der Waals surface area contributed by atoms with Crippen LogP contribution >= 0.6 is 0 Å². The predicted molar refractivity (Wildman–Crippen MR) is 79.1 cm³/mol. The second kappa shape index (κ2) is 6.29. The van der Waals surface area contributed by atoms with Gasteiger partial charge in [-0.15, -0.1) is 0 Å². The van der Waals surface area contributed by atoms with Crippen molar-refractivity contribution >= 4 is 21.5 Å². The molecule has 0 aliphatic heterocycles. The fraction of sp³-hybridized carbons (Fsp3) is 0. The van der Waals surface area contributed by atoms with Crippen molar-refractivity contribution in [3.05, 3.63) is 66.6 Å². The highest BCUT2D eigenvalue weighted by atomic mass is 32.2. The Hall–Kier alpha value is -2.51. The van der Waals surface area contributed by atoms with Crippen molar-refractivity contribution in [1.82, 2.24) is 4.98 Å². The number of nitrogens with two attached hydrogens (primary N) is 1. The van der Waals surface area contributed by atoms with E-state index in [-0.39, 0.29) is 10.7 Å². The molecule has 108 valence electrons. The minimum Gasteiger partial charge on any atom is -0.362 e. The number of sulfonamides is 1. The molecular weight excluding hydrogens is 290 g/mol. The Labute approximate surface area is 122 Å². The minimum absolute atomic E-state index is 0.0310. The molecule has 21 heavy (non-hydrogen) atoms. The highest BCUT2D eigenvalue weighted by molar-refractivity contribution is 7.89. The zero-order valence-electron chi connectivity index (χ0n) is 10.9. The number of hydrogen-bond donors (Lipinski definition) is 2. The van der Waals surface area contributed by atoms with Gasteiger partial charge in [0.15, 0.2) is 5.78 Å². The van der Waals surface area contributed by atoms with E-state index >= 15 is 0 Å². The molecule has 0 spiro atoms. The maximum absolute atomic E-state index is 11.8. The molecular formula is C14H13N3O3S. The normalized spacial score (nSPS) is 11.5. The van der Waals surface area contributed by atoms with Crippen LogP contribution in [-0.4, -0.2) is 19.2 Å². The monoisotopic (exact) mass is 303 g/mol. The molecule has 2 rings (SSSR count). The molecule has 1 aromatic heterocycles. The Morgan fingerprint density at radius 1 is 1.19 bits per heavy atom. The average Bonchev–Trinajstić information content (AvgIpc) is 2.47. The summed E-state index contributed by atoms with van der Waals surface area (Å²) in [6.45, 7) is 0. The van der Waals surface area contributed by atoms with Crippen molar-refractivity contribution in [2.75, 3.05) is 5.32 Å². The molecule has 0 atom stereocenters. The summed E-state index contributed by atoms with van der Waals surface area (Å²) in [5, 5.41) is 7.86. The van der Waals surface area contributed by atoms with Crippen LogP contribution < -0.4 is 10.5 Å². The van der Waals surface area contributed by atoms with Gasteiger partial charge in [-0.2, -0.15) is 0 Å². The smallest absolute Gasteiger partial charge is 0.238 e. The third-order valence-electron chi connectivity index (χ3n) is 2.61. The standard InChI is InChI=1S/C14H13N3O3S/c15-21(19,20)13-5-3-12(4-6-13)17-9-7-14(18)11-2-1-8-16-10-11/h1-10,17H,(H2,15,19,20)/b9-7-. The molecule has 0 amide bonds. The SMILES string of the molecule is NS(=O)(=O)c1ccc(N/C=C\C(=O)c2cccnc2)cc1. The van der Waals surface area contributed by atoms with E-state index in [0.29, 0.717) is 11.3 Å². The lowest BCUT2D eigenvalue weighted by atomic mass is 10.2. The largest absolute Gasteiger partial charge is 0.362 e. The molecule has 0 bridgehead atoms. The molecule has 0 saturated carbocycles. The quantitative estimate of drug-likeness (QED) is 0.644. The van der Waals surface area contributed by atoms with Gasteiger partial charge in [-0.05, 0) is 36.4 Å². The van der Waals surface area contributed by atoms with Crippen molar-refractivity contribution in [1.29, 1.82) is 0 Å². The van der Waals surface area contributed by atoms with Gasteiger partial charge in [-0.25, -0.2) is 13.6 Å². The first-order chi connectivity index (χ1) is 9.97. The summed E-state index contributed by atoms with van der Waals surface area (Å²) in [6.07, 6.45) is 5.91. The molecule has 0 fully saturated rings. The van der Waals surface area contributed by atoms with Gasteiger partial charge in [0.2, 0.25) is 10.0 Å². The lowest BCUT2D eigenvalue weighted by Gasteiger charge is -2.02. The molecule has 0 saturated heterocycles. The fourth-order valence-electron chi connectivity index (χ4n) is 1.56. The third kappa shape index (κ3) is 4.23. The number of ketones is 1. The Bertz CT molecular complexity index is 754. The molecule has 0 radical (unpaired) electrons. The molecule has 7 heteroatoms. The highest BCUT2D eigenvalue weighted by Crippen LogP contribution is 2.12.